The van der Waals surface area contributed by atoms with Gasteiger partial charge in [0.05, 0.1) is 0 Å². The lowest BCUT2D eigenvalue weighted by Gasteiger charge is -2.25. The van der Waals surface area contributed by atoms with Crippen LogP contribution < -0.4 is 5.06 Å². The van der Waals surface area contributed by atoms with Crippen molar-refractivity contribution in [3.8, 4) is 0 Å². The number of hydroxylamine groups is 1. The maximum atomic E-state index is 11.6. The van der Waals surface area contributed by atoms with Crippen LogP contribution in [-0.2, 0) is 12.8 Å². The van der Waals surface area contributed by atoms with Crippen LogP contribution >= 0.6 is 0 Å². The molecule has 0 spiro atoms. The number of fused-ring (bicyclic) bond motifs is 1. The highest BCUT2D eigenvalue weighted by atomic mass is 16.5. The Balaban J connectivity index is 1.65. The van der Waals surface area contributed by atoms with E-state index in [0.29, 0.717) is 11.8 Å². The molecule has 0 N–H and O–H groups in total. The Hall–Kier alpha value is -2.58. The standard InChI is InChI=1S/C25H26NO/c1-17-8-10-19(11-9-17)18(2)24-6-4-5-7-25(24)22-14-20-12-13-23(26(3)27)16-21(20)15-22/h4-13,16,18,22H,14-15H2,1-3H3/q-1. The maximum Gasteiger partial charge on any atom is 0.0260 e. The van der Waals surface area contributed by atoms with Gasteiger partial charge in [0.2, 0.25) is 0 Å². The molecule has 2 unspecified atom stereocenters. The van der Waals surface area contributed by atoms with Crippen LogP contribution in [0.25, 0.3) is 0 Å². The lowest BCUT2D eigenvalue weighted by atomic mass is 9.83. The van der Waals surface area contributed by atoms with Crippen LogP contribution in [0.4, 0.5) is 5.69 Å². The highest BCUT2D eigenvalue weighted by Gasteiger charge is 2.26. The van der Waals surface area contributed by atoms with Crippen molar-refractivity contribution in [2.45, 2.75) is 38.5 Å². The van der Waals surface area contributed by atoms with E-state index in [1.165, 1.54) is 33.4 Å². The zero-order valence-corrected chi connectivity index (χ0v) is 16.3. The molecule has 3 aromatic rings. The predicted octanol–water partition coefficient (Wildman–Crippen LogP) is 5.96. The lowest BCUT2D eigenvalue weighted by Crippen LogP contribution is -2.07. The summed E-state index contributed by atoms with van der Waals surface area (Å²) in [5.41, 5.74) is 8.96. The molecule has 0 radical (unpaired) electrons. The molecule has 138 valence electrons. The zero-order chi connectivity index (χ0) is 19.0. The molecule has 0 saturated carbocycles. The van der Waals surface area contributed by atoms with E-state index in [2.05, 4.69) is 74.5 Å². The van der Waals surface area contributed by atoms with Crippen molar-refractivity contribution in [2.75, 3.05) is 12.1 Å². The average Bonchev–Trinajstić information content (AvgIpc) is 3.11. The molecule has 1 aliphatic carbocycles. The number of aryl methyl sites for hydroxylation is 1. The second kappa shape index (κ2) is 7.21. The first kappa shape index (κ1) is 17.8. The smallest absolute Gasteiger partial charge is 0.0260 e. The van der Waals surface area contributed by atoms with Gasteiger partial charge in [-0.05, 0) is 72.7 Å². The molecule has 0 saturated heterocycles. The molecule has 0 heterocycles. The van der Waals surface area contributed by atoms with Gasteiger partial charge in [0.25, 0.3) is 0 Å². The first-order valence-corrected chi connectivity index (χ1v) is 9.71. The fourth-order valence-corrected chi connectivity index (χ4v) is 4.33. The quantitative estimate of drug-likeness (QED) is 0.539. The molecule has 0 aromatic heterocycles. The Bertz CT molecular complexity index is 943. The number of nitrogens with zero attached hydrogens (tertiary/aromatic N) is 1. The summed E-state index contributed by atoms with van der Waals surface area (Å²) in [5, 5.41) is 12.6. The number of hydrogen-bond acceptors (Lipinski definition) is 2. The molecule has 0 amide bonds. The summed E-state index contributed by atoms with van der Waals surface area (Å²) in [5.74, 6) is 0.852. The van der Waals surface area contributed by atoms with Gasteiger partial charge in [-0.15, -0.1) is 0 Å². The van der Waals surface area contributed by atoms with Gasteiger partial charge >= 0.3 is 0 Å². The van der Waals surface area contributed by atoms with Crippen molar-refractivity contribution in [1.82, 2.24) is 0 Å². The minimum atomic E-state index is 0.369. The predicted molar refractivity (Wildman–Crippen MR) is 113 cm³/mol. The Labute approximate surface area is 162 Å². The van der Waals surface area contributed by atoms with Crippen LogP contribution in [0.5, 0.6) is 0 Å². The van der Waals surface area contributed by atoms with Gasteiger partial charge in [0.15, 0.2) is 0 Å². The molecule has 2 atom stereocenters. The van der Waals surface area contributed by atoms with Crippen LogP contribution in [0.15, 0.2) is 66.7 Å². The Morgan fingerprint density at radius 2 is 1.63 bits per heavy atom. The van der Waals surface area contributed by atoms with Crippen molar-refractivity contribution in [3.05, 3.63) is 105 Å². The molecule has 27 heavy (non-hydrogen) atoms. The minimum Gasteiger partial charge on any atom is -0.758 e. The Morgan fingerprint density at radius 3 is 2.37 bits per heavy atom. The summed E-state index contributed by atoms with van der Waals surface area (Å²) >= 11 is 0. The minimum absolute atomic E-state index is 0.369. The summed E-state index contributed by atoms with van der Waals surface area (Å²) in [6.07, 6.45) is 2.06. The van der Waals surface area contributed by atoms with Gasteiger partial charge in [0.1, 0.15) is 0 Å². The largest absolute Gasteiger partial charge is 0.758 e. The van der Waals surface area contributed by atoms with Gasteiger partial charge in [-0.1, -0.05) is 67.1 Å². The second-order valence-corrected chi connectivity index (χ2v) is 7.82. The molecular weight excluding hydrogens is 330 g/mol. The fraction of sp³-hybridized carbons (Fsp3) is 0.280. The first-order chi connectivity index (χ1) is 13.0. The summed E-state index contributed by atoms with van der Waals surface area (Å²) in [4.78, 5) is 0. The van der Waals surface area contributed by atoms with Crippen molar-refractivity contribution in [1.29, 1.82) is 0 Å². The summed E-state index contributed by atoms with van der Waals surface area (Å²) in [7, 11) is 1.56. The van der Waals surface area contributed by atoms with E-state index < -0.39 is 0 Å². The fourth-order valence-electron chi connectivity index (χ4n) is 4.33. The third kappa shape index (κ3) is 3.50. The van der Waals surface area contributed by atoms with Crippen molar-refractivity contribution in [3.63, 3.8) is 0 Å². The molecule has 0 aliphatic heterocycles. The van der Waals surface area contributed by atoms with E-state index in [1.54, 1.807) is 7.05 Å². The first-order valence-electron chi connectivity index (χ1n) is 9.71. The molecule has 2 nitrogen and oxygen atoms in total. The maximum absolute atomic E-state index is 11.6. The van der Waals surface area contributed by atoms with Gasteiger partial charge in [-0.3, -0.25) is 0 Å². The van der Waals surface area contributed by atoms with Crippen LogP contribution in [-0.4, -0.2) is 7.05 Å². The highest BCUT2D eigenvalue weighted by Crippen LogP contribution is 2.39. The van der Waals surface area contributed by atoms with E-state index in [1.807, 2.05) is 6.07 Å². The molecular formula is C25H26NO-. The summed E-state index contributed by atoms with van der Waals surface area (Å²) in [6.45, 7) is 4.43. The van der Waals surface area contributed by atoms with Gasteiger partial charge in [0, 0.05) is 11.6 Å². The van der Waals surface area contributed by atoms with Crippen LogP contribution in [0.3, 0.4) is 0 Å². The number of anilines is 1. The van der Waals surface area contributed by atoms with E-state index in [0.717, 1.165) is 23.6 Å². The molecule has 2 heteroatoms. The molecule has 1 aliphatic rings. The van der Waals surface area contributed by atoms with Crippen LogP contribution in [0.2, 0.25) is 0 Å². The Kier molecular flexibility index (Phi) is 4.75. The van der Waals surface area contributed by atoms with E-state index in [4.69, 9.17) is 0 Å². The third-order valence-corrected chi connectivity index (χ3v) is 5.97. The van der Waals surface area contributed by atoms with Gasteiger partial charge in [-0.25, -0.2) is 0 Å². The van der Waals surface area contributed by atoms with Crippen molar-refractivity contribution in [2.24, 2.45) is 0 Å². The van der Waals surface area contributed by atoms with Crippen LogP contribution in [0, 0.1) is 12.1 Å². The number of benzene rings is 3. The monoisotopic (exact) mass is 356 g/mol. The normalized spacial score (nSPS) is 16.8. The third-order valence-electron chi connectivity index (χ3n) is 5.97. The molecule has 3 aromatic carbocycles. The molecule has 0 fully saturated rings. The Morgan fingerprint density at radius 1 is 0.926 bits per heavy atom. The lowest BCUT2D eigenvalue weighted by molar-refractivity contribution is 0.720. The molecule has 4 rings (SSSR count). The van der Waals surface area contributed by atoms with Crippen molar-refractivity contribution >= 4 is 5.69 Å². The van der Waals surface area contributed by atoms with Crippen molar-refractivity contribution < 1.29 is 0 Å². The summed E-state index contributed by atoms with van der Waals surface area (Å²) < 4.78 is 0. The average molecular weight is 356 g/mol. The number of hydrogen-bond donors (Lipinski definition) is 0. The van der Waals surface area contributed by atoms with E-state index in [-0.39, 0.29) is 0 Å². The van der Waals surface area contributed by atoms with E-state index in [9.17, 15) is 5.21 Å². The molecule has 0 bridgehead atoms. The SMILES string of the molecule is Cc1ccc(C(C)c2ccccc2C2Cc3ccc(N(C)[O-])cc3C2)cc1. The number of rotatable bonds is 4. The topological polar surface area (TPSA) is 26.3 Å². The van der Waals surface area contributed by atoms with E-state index >= 15 is 0 Å². The van der Waals surface area contributed by atoms with Gasteiger partial charge < -0.3 is 10.3 Å². The zero-order valence-electron chi connectivity index (χ0n) is 16.3. The van der Waals surface area contributed by atoms with Gasteiger partial charge in [-0.2, -0.15) is 0 Å². The van der Waals surface area contributed by atoms with Crippen LogP contribution in [0.1, 0.15) is 52.1 Å². The highest BCUT2D eigenvalue weighted by molar-refractivity contribution is 5.54. The second-order valence-electron chi connectivity index (χ2n) is 7.82. The summed E-state index contributed by atoms with van der Waals surface area (Å²) in [6, 6.07) is 23.9.